The van der Waals surface area contributed by atoms with E-state index in [1.807, 2.05) is 0 Å². The summed E-state index contributed by atoms with van der Waals surface area (Å²) in [4.78, 5) is 28.3. The van der Waals surface area contributed by atoms with Gasteiger partial charge in [-0.05, 0) is 38.0 Å². The third-order valence-electron chi connectivity index (χ3n) is 4.16. The second kappa shape index (κ2) is 8.79. The average Bonchev–Trinajstić information content (AvgIpc) is 2.81. The van der Waals surface area contributed by atoms with E-state index in [9.17, 15) is 9.59 Å². The molecule has 0 saturated heterocycles. The summed E-state index contributed by atoms with van der Waals surface area (Å²) in [6.45, 7) is 2.75. The fourth-order valence-electron chi connectivity index (χ4n) is 3.12. The zero-order chi connectivity index (χ0) is 14.0. The summed E-state index contributed by atoms with van der Waals surface area (Å²) in [6.07, 6.45) is 13.0. The molecule has 1 saturated carbocycles. The molecule has 0 N–H and O–H groups in total. The predicted octanol–water partition coefficient (Wildman–Crippen LogP) is 3.56. The summed E-state index contributed by atoms with van der Waals surface area (Å²) in [7, 11) is 0. The Hall–Kier alpha value is -1.24. The largest absolute Gasteiger partial charge is 0.235 e. The molecule has 4 heteroatoms. The highest BCUT2D eigenvalue weighted by molar-refractivity contribution is 5.35. The van der Waals surface area contributed by atoms with E-state index >= 15 is 0 Å². The minimum atomic E-state index is -0.122. The van der Waals surface area contributed by atoms with Crippen LogP contribution < -0.4 is 0 Å². The highest BCUT2D eigenvalue weighted by Crippen LogP contribution is 2.42. The molecule has 1 rings (SSSR count). The summed E-state index contributed by atoms with van der Waals surface area (Å²) in [5, 5.41) is 0. The molecule has 2 atom stereocenters. The first-order valence-electron chi connectivity index (χ1n) is 7.39. The molecular formula is C15H24N2O2. The minimum absolute atomic E-state index is 0.122. The number of isocyanates is 2. The third kappa shape index (κ3) is 5.50. The lowest BCUT2D eigenvalue weighted by atomic mass is 9.89. The Kier molecular flexibility index (Phi) is 7.32. The van der Waals surface area contributed by atoms with Crippen molar-refractivity contribution in [3.8, 4) is 0 Å². The van der Waals surface area contributed by atoms with Crippen LogP contribution >= 0.6 is 0 Å². The fourth-order valence-corrected chi connectivity index (χ4v) is 3.12. The topological polar surface area (TPSA) is 58.9 Å². The van der Waals surface area contributed by atoms with Crippen molar-refractivity contribution in [1.82, 2.24) is 0 Å². The normalized spacial score (nSPS) is 25.6. The molecule has 2 unspecified atom stereocenters. The first kappa shape index (κ1) is 15.8. The van der Waals surface area contributed by atoms with Gasteiger partial charge >= 0.3 is 0 Å². The second-order valence-electron chi connectivity index (χ2n) is 5.61. The molecule has 0 aromatic rings. The number of hydrogen-bond donors (Lipinski definition) is 0. The van der Waals surface area contributed by atoms with Crippen LogP contribution in [0.4, 0.5) is 0 Å². The third-order valence-corrected chi connectivity index (χ3v) is 4.16. The van der Waals surface area contributed by atoms with E-state index in [0.29, 0.717) is 12.5 Å². The van der Waals surface area contributed by atoms with Crippen molar-refractivity contribution in [3.63, 3.8) is 0 Å². The summed E-state index contributed by atoms with van der Waals surface area (Å²) >= 11 is 0. The van der Waals surface area contributed by atoms with E-state index in [1.54, 1.807) is 12.2 Å². The fraction of sp³-hybridized carbons (Fsp3) is 0.867. The van der Waals surface area contributed by atoms with E-state index in [2.05, 4.69) is 16.9 Å². The molecule has 1 aliphatic rings. The number of hydrogen-bond acceptors (Lipinski definition) is 4. The van der Waals surface area contributed by atoms with Gasteiger partial charge in [-0.15, -0.1) is 0 Å². The van der Waals surface area contributed by atoms with Gasteiger partial charge in [-0.2, -0.15) is 4.99 Å². The second-order valence-corrected chi connectivity index (χ2v) is 5.61. The molecule has 0 radical (unpaired) electrons. The highest BCUT2D eigenvalue weighted by Gasteiger charge is 2.38. The van der Waals surface area contributed by atoms with Gasteiger partial charge in [0.2, 0.25) is 12.2 Å². The van der Waals surface area contributed by atoms with Crippen LogP contribution in [0.15, 0.2) is 9.98 Å². The molecule has 0 aromatic heterocycles. The molecule has 0 spiro atoms. The van der Waals surface area contributed by atoms with Crippen molar-refractivity contribution < 1.29 is 9.59 Å². The lowest BCUT2D eigenvalue weighted by Crippen LogP contribution is -2.22. The van der Waals surface area contributed by atoms with Crippen molar-refractivity contribution in [2.45, 2.75) is 70.3 Å². The molecule has 19 heavy (non-hydrogen) atoms. The Balaban J connectivity index is 2.36. The van der Waals surface area contributed by atoms with Gasteiger partial charge in [0.1, 0.15) is 0 Å². The molecular weight excluding hydrogens is 240 g/mol. The van der Waals surface area contributed by atoms with Crippen LogP contribution in [0.5, 0.6) is 0 Å². The lowest BCUT2D eigenvalue weighted by molar-refractivity contribution is 0.364. The number of carbonyl (C=O) groups excluding carboxylic acids is 2. The quantitative estimate of drug-likeness (QED) is 0.363. The highest BCUT2D eigenvalue weighted by atomic mass is 16.1. The Bertz CT molecular complexity index is 357. The summed E-state index contributed by atoms with van der Waals surface area (Å²) in [5.74, 6) is 0.661. The molecule has 0 heterocycles. The Morgan fingerprint density at radius 1 is 1.21 bits per heavy atom. The van der Waals surface area contributed by atoms with Crippen LogP contribution in [0.25, 0.3) is 0 Å². The zero-order valence-corrected chi connectivity index (χ0v) is 11.9. The van der Waals surface area contributed by atoms with Crippen LogP contribution in [0.2, 0.25) is 0 Å². The maximum absolute atomic E-state index is 10.6. The van der Waals surface area contributed by atoms with Crippen molar-refractivity contribution in [3.05, 3.63) is 0 Å². The van der Waals surface area contributed by atoms with Gasteiger partial charge in [0.15, 0.2) is 0 Å². The number of nitrogens with zero attached hydrogens (tertiary/aromatic N) is 2. The first-order chi connectivity index (χ1) is 9.26. The molecule has 106 valence electrons. The molecule has 0 bridgehead atoms. The first-order valence-corrected chi connectivity index (χ1v) is 7.39. The number of unbranched alkanes of at least 4 members (excludes halogenated alkanes) is 2. The number of rotatable bonds is 9. The van der Waals surface area contributed by atoms with E-state index in [0.717, 1.165) is 57.8 Å². The van der Waals surface area contributed by atoms with Crippen LogP contribution in [0.1, 0.15) is 64.7 Å². The maximum Gasteiger partial charge on any atom is 0.235 e. The average molecular weight is 264 g/mol. The van der Waals surface area contributed by atoms with E-state index in [1.165, 1.54) is 0 Å². The van der Waals surface area contributed by atoms with E-state index in [-0.39, 0.29) is 5.54 Å². The molecule has 1 fully saturated rings. The van der Waals surface area contributed by atoms with Crippen LogP contribution in [-0.2, 0) is 9.59 Å². The molecule has 1 aliphatic carbocycles. The minimum Gasteiger partial charge on any atom is -0.211 e. The van der Waals surface area contributed by atoms with Gasteiger partial charge in [-0.3, -0.25) is 0 Å². The van der Waals surface area contributed by atoms with E-state index in [4.69, 9.17) is 0 Å². The monoisotopic (exact) mass is 264 g/mol. The standard InChI is InChI=1S/C15H24N2O2/c1-2-3-8-15(17-13-19)9-7-14(11-15)6-4-5-10-16-12-18/h14H,2-11H2,1H3. The smallest absolute Gasteiger partial charge is 0.211 e. The summed E-state index contributed by atoms with van der Waals surface area (Å²) in [6, 6.07) is 0. The predicted molar refractivity (Wildman–Crippen MR) is 74.6 cm³/mol. The van der Waals surface area contributed by atoms with Gasteiger partial charge in [0.25, 0.3) is 0 Å². The Morgan fingerprint density at radius 3 is 2.74 bits per heavy atom. The van der Waals surface area contributed by atoms with Gasteiger partial charge < -0.3 is 0 Å². The van der Waals surface area contributed by atoms with Crippen LogP contribution in [0.3, 0.4) is 0 Å². The van der Waals surface area contributed by atoms with Crippen molar-refractivity contribution in [2.24, 2.45) is 15.9 Å². The van der Waals surface area contributed by atoms with Crippen molar-refractivity contribution in [2.75, 3.05) is 6.54 Å². The van der Waals surface area contributed by atoms with Crippen molar-refractivity contribution in [1.29, 1.82) is 0 Å². The maximum atomic E-state index is 10.6. The van der Waals surface area contributed by atoms with Gasteiger partial charge in [0.05, 0.1) is 12.1 Å². The Morgan fingerprint density at radius 2 is 2.05 bits per heavy atom. The van der Waals surface area contributed by atoms with Gasteiger partial charge in [0, 0.05) is 0 Å². The van der Waals surface area contributed by atoms with Gasteiger partial charge in [-0.1, -0.05) is 32.6 Å². The SMILES string of the molecule is CCCCC1(N=C=O)CCC(CCCCN=C=O)C1. The van der Waals surface area contributed by atoms with Crippen LogP contribution in [-0.4, -0.2) is 24.2 Å². The van der Waals surface area contributed by atoms with E-state index < -0.39 is 0 Å². The molecule has 4 nitrogen and oxygen atoms in total. The van der Waals surface area contributed by atoms with Gasteiger partial charge in [-0.25, -0.2) is 14.6 Å². The summed E-state index contributed by atoms with van der Waals surface area (Å²) in [5.41, 5.74) is -0.122. The molecule has 0 aromatic carbocycles. The number of aliphatic imine (C=N–C) groups is 2. The molecule has 0 aliphatic heterocycles. The molecule has 0 amide bonds. The Labute approximate surface area is 115 Å². The zero-order valence-electron chi connectivity index (χ0n) is 11.9. The van der Waals surface area contributed by atoms with Crippen LogP contribution in [0, 0.1) is 5.92 Å². The summed E-state index contributed by atoms with van der Waals surface area (Å²) < 4.78 is 0. The van der Waals surface area contributed by atoms with Crippen molar-refractivity contribution >= 4 is 12.2 Å². The lowest BCUT2D eigenvalue weighted by Gasteiger charge is -2.22.